The van der Waals surface area contributed by atoms with Crippen molar-refractivity contribution >= 4 is 6.29 Å². The highest BCUT2D eigenvalue weighted by Gasteiger charge is 2.20. The zero-order valence-corrected chi connectivity index (χ0v) is 21.3. The molecule has 3 rings (SSSR count). The number of nitrogens with one attached hydrogen (secondary N) is 1. The first kappa shape index (κ1) is 28.7. The predicted molar refractivity (Wildman–Crippen MR) is 134 cm³/mol. The molecule has 8 heteroatoms. The maximum absolute atomic E-state index is 10.7. The van der Waals surface area contributed by atoms with E-state index >= 15 is 0 Å². The molecule has 0 aliphatic heterocycles. The van der Waals surface area contributed by atoms with Gasteiger partial charge in [0.1, 0.15) is 17.8 Å². The lowest BCUT2D eigenvalue weighted by atomic mass is 10.1. The van der Waals surface area contributed by atoms with Crippen molar-refractivity contribution in [3.63, 3.8) is 0 Å². The van der Waals surface area contributed by atoms with E-state index in [9.17, 15) is 4.79 Å². The van der Waals surface area contributed by atoms with Crippen LogP contribution < -0.4 is 14.8 Å². The molecule has 0 unspecified atom stereocenters. The summed E-state index contributed by atoms with van der Waals surface area (Å²) in [6.07, 6.45) is 3.40. The third-order valence-corrected chi connectivity index (χ3v) is 5.20. The van der Waals surface area contributed by atoms with Gasteiger partial charge >= 0.3 is 0 Å². The third kappa shape index (κ3) is 12.2. The lowest BCUT2D eigenvalue weighted by Gasteiger charge is -2.10. The van der Waals surface area contributed by atoms with Crippen LogP contribution in [0.3, 0.4) is 0 Å². The quantitative estimate of drug-likeness (QED) is 0.282. The Balaban J connectivity index is 0.000000251. The van der Waals surface area contributed by atoms with Gasteiger partial charge in [0, 0.05) is 32.4 Å². The van der Waals surface area contributed by atoms with Gasteiger partial charge in [-0.2, -0.15) is 0 Å². The van der Waals surface area contributed by atoms with Crippen LogP contribution in [0.15, 0.2) is 36.4 Å². The van der Waals surface area contributed by atoms with Gasteiger partial charge in [0.15, 0.2) is 0 Å². The Kier molecular flexibility index (Phi) is 14.0. The van der Waals surface area contributed by atoms with Crippen molar-refractivity contribution in [3.8, 4) is 11.5 Å². The minimum Gasteiger partial charge on any atom is -0.497 e. The Bertz CT molecular complexity index is 871. The van der Waals surface area contributed by atoms with Crippen LogP contribution in [0.1, 0.15) is 39.9 Å². The van der Waals surface area contributed by atoms with Gasteiger partial charge in [0.2, 0.25) is 0 Å². The van der Waals surface area contributed by atoms with Gasteiger partial charge in [-0.15, -0.1) is 0 Å². The molecule has 0 heterocycles. The Morgan fingerprint density at radius 3 is 1.80 bits per heavy atom. The summed E-state index contributed by atoms with van der Waals surface area (Å²) in [6.45, 7) is 4.27. The summed E-state index contributed by atoms with van der Waals surface area (Å²) in [6, 6.07) is 12.3. The molecule has 8 nitrogen and oxygen atoms in total. The third-order valence-electron chi connectivity index (χ3n) is 5.20. The first-order chi connectivity index (χ1) is 17.1. The second-order valence-corrected chi connectivity index (χ2v) is 8.17. The number of rotatable bonds is 16. The molecule has 2 aromatic carbocycles. The molecule has 0 aromatic heterocycles. The molecule has 0 saturated heterocycles. The van der Waals surface area contributed by atoms with E-state index < -0.39 is 0 Å². The molecule has 1 N–H and O–H groups in total. The zero-order chi connectivity index (χ0) is 25.3. The summed E-state index contributed by atoms with van der Waals surface area (Å²) in [4.78, 5) is 10.7. The second kappa shape index (κ2) is 17.0. The number of hydrogen-bond acceptors (Lipinski definition) is 8. The fourth-order valence-electron chi connectivity index (χ4n) is 3.20. The summed E-state index contributed by atoms with van der Waals surface area (Å²) >= 11 is 0. The molecule has 1 aliphatic rings. The topological polar surface area (TPSA) is 84.5 Å². The minimum atomic E-state index is 0.446. The maximum Gasteiger partial charge on any atom is 0.150 e. The molecule has 2 aromatic rings. The van der Waals surface area contributed by atoms with Crippen molar-refractivity contribution < 1.29 is 33.2 Å². The molecular weight excluding hydrogens is 450 g/mol. The Hall–Kier alpha value is -2.49. The lowest BCUT2D eigenvalue weighted by Crippen LogP contribution is -2.15. The zero-order valence-electron chi connectivity index (χ0n) is 21.3. The van der Waals surface area contributed by atoms with Gasteiger partial charge < -0.3 is 33.7 Å². The maximum atomic E-state index is 10.7. The van der Waals surface area contributed by atoms with Gasteiger partial charge in [-0.1, -0.05) is 6.07 Å². The van der Waals surface area contributed by atoms with Gasteiger partial charge in [-0.25, -0.2) is 0 Å². The van der Waals surface area contributed by atoms with E-state index in [1.165, 1.54) is 18.4 Å². The molecule has 0 bridgehead atoms. The van der Waals surface area contributed by atoms with Crippen molar-refractivity contribution in [3.05, 3.63) is 58.7 Å². The van der Waals surface area contributed by atoms with Crippen LogP contribution in [0, 0.1) is 0 Å². The summed E-state index contributed by atoms with van der Waals surface area (Å²) in [7, 11) is 6.57. The van der Waals surface area contributed by atoms with E-state index in [2.05, 4.69) is 17.4 Å². The van der Waals surface area contributed by atoms with Crippen molar-refractivity contribution in [2.45, 2.75) is 38.6 Å². The molecule has 1 saturated carbocycles. The smallest absolute Gasteiger partial charge is 0.150 e. The number of hydrogen-bond donors (Lipinski definition) is 1. The molecule has 0 amide bonds. The lowest BCUT2D eigenvalue weighted by molar-refractivity contribution is 0.0615. The van der Waals surface area contributed by atoms with Gasteiger partial charge in [0.05, 0.1) is 53.9 Å². The van der Waals surface area contributed by atoms with Crippen molar-refractivity contribution in [2.75, 3.05) is 54.9 Å². The number of methoxy groups -OCH3 is 4. The van der Waals surface area contributed by atoms with Crippen molar-refractivity contribution in [1.29, 1.82) is 0 Å². The normalized spacial score (nSPS) is 12.6. The SMILES string of the molecule is COCCOCc1cc(C=O)cc(OC)c1.COCCOCc1cc(CNC2CC2)cc(OC)c1. The van der Waals surface area contributed by atoms with Crippen LogP contribution in [-0.4, -0.2) is 67.2 Å². The fourth-order valence-corrected chi connectivity index (χ4v) is 3.20. The molecule has 0 atom stereocenters. The van der Waals surface area contributed by atoms with Gasteiger partial charge in [-0.05, 0) is 59.9 Å². The average Bonchev–Trinajstić information content (AvgIpc) is 3.72. The largest absolute Gasteiger partial charge is 0.497 e. The number of carbonyl (C=O) groups is 1. The molecule has 0 radical (unpaired) electrons. The summed E-state index contributed by atoms with van der Waals surface area (Å²) in [5.74, 6) is 1.55. The molecule has 35 heavy (non-hydrogen) atoms. The van der Waals surface area contributed by atoms with Crippen LogP contribution in [0.5, 0.6) is 11.5 Å². The van der Waals surface area contributed by atoms with Crippen molar-refractivity contribution in [2.24, 2.45) is 0 Å². The Labute approximate surface area is 208 Å². The average molecular weight is 490 g/mol. The van der Waals surface area contributed by atoms with E-state index in [0.29, 0.717) is 57.0 Å². The summed E-state index contributed by atoms with van der Waals surface area (Å²) in [5, 5.41) is 3.51. The standard InChI is InChI=1S/C15H23NO3.C12H16O4/c1-17-5-6-19-11-13-7-12(8-15(9-13)18-2)10-16-14-3-4-14;1-14-3-4-16-9-11-5-10(8-13)6-12(7-11)15-2/h7-9,14,16H,3-6,10-11H2,1-2H3;5-8H,3-4,9H2,1-2H3. The number of benzene rings is 2. The number of ether oxygens (including phenoxy) is 6. The first-order valence-corrected chi connectivity index (χ1v) is 11.8. The van der Waals surface area contributed by atoms with Gasteiger partial charge in [0.25, 0.3) is 0 Å². The van der Waals surface area contributed by atoms with Crippen LogP contribution in [-0.2, 0) is 38.7 Å². The highest BCUT2D eigenvalue weighted by Crippen LogP contribution is 2.22. The Morgan fingerprint density at radius 1 is 0.743 bits per heavy atom. The van der Waals surface area contributed by atoms with E-state index in [0.717, 1.165) is 29.7 Å². The van der Waals surface area contributed by atoms with Crippen LogP contribution in [0.2, 0.25) is 0 Å². The van der Waals surface area contributed by atoms with E-state index in [1.807, 2.05) is 12.1 Å². The van der Waals surface area contributed by atoms with E-state index in [4.69, 9.17) is 28.4 Å². The molecule has 194 valence electrons. The first-order valence-electron chi connectivity index (χ1n) is 11.8. The van der Waals surface area contributed by atoms with Crippen LogP contribution >= 0.6 is 0 Å². The highest BCUT2D eigenvalue weighted by atomic mass is 16.5. The monoisotopic (exact) mass is 489 g/mol. The molecule has 0 spiro atoms. The summed E-state index contributed by atoms with van der Waals surface area (Å²) in [5.41, 5.74) is 3.89. The fraction of sp³-hybridized carbons (Fsp3) is 0.519. The summed E-state index contributed by atoms with van der Waals surface area (Å²) < 4.78 is 31.2. The predicted octanol–water partition coefficient (Wildman–Crippen LogP) is 3.78. The second-order valence-electron chi connectivity index (χ2n) is 8.17. The van der Waals surface area contributed by atoms with E-state index in [1.54, 1.807) is 40.6 Å². The molecule has 1 aliphatic carbocycles. The number of aldehydes is 1. The van der Waals surface area contributed by atoms with Gasteiger partial charge in [-0.3, -0.25) is 4.79 Å². The number of carbonyl (C=O) groups excluding carboxylic acids is 1. The van der Waals surface area contributed by atoms with Crippen LogP contribution in [0.4, 0.5) is 0 Å². The van der Waals surface area contributed by atoms with Crippen molar-refractivity contribution in [1.82, 2.24) is 5.32 Å². The molecule has 1 fully saturated rings. The Morgan fingerprint density at radius 2 is 1.29 bits per heavy atom. The molecular formula is C27H39NO7. The highest BCUT2D eigenvalue weighted by molar-refractivity contribution is 5.76. The minimum absolute atomic E-state index is 0.446. The van der Waals surface area contributed by atoms with E-state index in [-0.39, 0.29) is 0 Å². The van der Waals surface area contributed by atoms with Crippen LogP contribution in [0.25, 0.3) is 0 Å².